The third-order valence-corrected chi connectivity index (χ3v) is 3.65. The molecule has 1 aliphatic rings. The van der Waals surface area contributed by atoms with E-state index in [1.165, 1.54) is 25.1 Å². The number of nitrogen functional groups attached to an aromatic ring is 1. The van der Waals surface area contributed by atoms with E-state index in [4.69, 9.17) is 5.73 Å². The summed E-state index contributed by atoms with van der Waals surface area (Å²) >= 11 is 0. The molecule has 1 aliphatic heterocycles. The summed E-state index contributed by atoms with van der Waals surface area (Å²) in [4.78, 5) is 4.88. The molecule has 0 unspecified atom stereocenters. The molecule has 3 heteroatoms. The van der Waals surface area contributed by atoms with Crippen molar-refractivity contribution in [1.29, 1.82) is 0 Å². The highest BCUT2D eigenvalue weighted by molar-refractivity contribution is 5.40. The number of hydrogen-bond acceptors (Lipinski definition) is 3. The van der Waals surface area contributed by atoms with Gasteiger partial charge in [-0.2, -0.15) is 0 Å². The summed E-state index contributed by atoms with van der Waals surface area (Å²) in [6.45, 7) is 3.58. The number of rotatable bonds is 4. The molecule has 2 rings (SSSR count). The smallest absolute Gasteiger partial charge is 0.0316 e. The Morgan fingerprint density at radius 1 is 1.41 bits per heavy atom. The summed E-state index contributed by atoms with van der Waals surface area (Å²) in [6, 6.07) is 8.96. The Kier molecular flexibility index (Phi) is 4.02. The predicted octanol–water partition coefficient (Wildman–Crippen LogP) is 1.45. The molecule has 0 amide bonds. The van der Waals surface area contributed by atoms with Gasteiger partial charge in [0.2, 0.25) is 0 Å². The van der Waals surface area contributed by atoms with Gasteiger partial charge in [-0.25, -0.2) is 0 Å². The summed E-state index contributed by atoms with van der Waals surface area (Å²) in [7, 11) is 4.35. The molecule has 3 nitrogen and oxygen atoms in total. The van der Waals surface area contributed by atoms with E-state index in [0.29, 0.717) is 0 Å². The number of likely N-dealkylation sites (N-methyl/N-ethyl adjacent to an activating group) is 1. The van der Waals surface area contributed by atoms with Crippen LogP contribution >= 0.6 is 0 Å². The molecule has 0 saturated carbocycles. The lowest BCUT2D eigenvalue weighted by Crippen LogP contribution is -2.32. The van der Waals surface area contributed by atoms with Gasteiger partial charge >= 0.3 is 0 Å². The topological polar surface area (TPSA) is 32.5 Å². The molecule has 0 spiro atoms. The second-order valence-electron chi connectivity index (χ2n) is 5.20. The fourth-order valence-electron chi connectivity index (χ4n) is 2.47. The maximum atomic E-state index is 5.78. The van der Waals surface area contributed by atoms with Gasteiger partial charge in [-0.05, 0) is 51.2 Å². The standard InChI is InChI=1S/C14H23N3/c1-16(2)14-7-9-17(11-14)8-6-12-4-3-5-13(15)10-12/h3-5,10,14H,6-9,11,15H2,1-2H3/t14-/m0/s1. The van der Waals surface area contributed by atoms with Gasteiger partial charge in [-0.15, -0.1) is 0 Å². The maximum Gasteiger partial charge on any atom is 0.0316 e. The minimum atomic E-state index is 0.732. The van der Waals surface area contributed by atoms with Crippen LogP contribution in [0.2, 0.25) is 0 Å². The normalized spacial score (nSPS) is 21.2. The van der Waals surface area contributed by atoms with Crippen molar-refractivity contribution in [2.24, 2.45) is 0 Å². The van der Waals surface area contributed by atoms with E-state index >= 15 is 0 Å². The number of anilines is 1. The first-order chi connectivity index (χ1) is 8.15. The third kappa shape index (κ3) is 3.45. The Morgan fingerprint density at radius 3 is 2.88 bits per heavy atom. The van der Waals surface area contributed by atoms with E-state index in [2.05, 4.69) is 36.0 Å². The minimum absolute atomic E-state index is 0.732. The van der Waals surface area contributed by atoms with Gasteiger partial charge in [0.15, 0.2) is 0 Å². The average molecular weight is 233 g/mol. The van der Waals surface area contributed by atoms with Crippen molar-refractivity contribution in [2.75, 3.05) is 39.5 Å². The second kappa shape index (κ2) is 5.52. The highest BCUT2D eigenvalue weighted by atomic mass is 15.2. The zero-order valence-corrected chi connectivity index (χ0v) is 10.9. The number of nitrogens with two attached hydrogens (primary N) is 1. The molecular weight excluding hydrogens is 210 g/mol. The molecule has 0 aromatic heterocycles. The molecule has 1 aromatic carbocycles. The van der Waals surface area contributed by atoms with Crippen LogP contribution in [0.3, 0.4) is 0 Å². The van der Waals surface area contributed by atoms with Crippen molar-refractivity contribution in [1.82, 2.24) is 9.80 Å². The highest BCUT2D eigenvalue weighted by Crippen LogP contribution is 2.14. The third-order valence-electron chi connectivity index (χ3n) is 3.65. The second-order valence-corrected chi connectivity index (χ2v) is 5.20. The molecule has 0 radical (unpaired) electrons. The molecule has 94 valence electrons. The Hall–Kier alpha value is -1.06. The van der Waals surface area contributed by atoms with Crippen molar-refractivity contribution in [3.8, 4) is 0 Å². The zero-order chi connectivity index (χ0) is 12.3. The largest absolute Gasteiger partial charge is 0.399 e. The van der Waals surface area contributed by atoms with Gasteiger partial charge in [-0.3, -0.25) is 0 Å². The number of benzene rings is 1. The van der Waals surface area contributed by atoms with Crippen LogP contribution in [-0.2, 0) is 6.42 Å². The summed E-state index contributed by atoms with van der Waals surface area (Å²) in [5.41, 5.74) is 8.00. The first-order valence-electron chi connectivity index (χ1n) is 6.38. The number of nitrogens with zero attached hydrogens (tertiary/aromatic N) is 2. The van der Waals surface area contributed by atoms with Crippen LogP contribution < -0.4 is 5.73 Å². The Balaban J connectivity index is 1.80. The molecule has 1 aromatic rings. The molecule has 1 heterocycles. The van der Waals surface area contributed by atoms with Crippen LogP contribution in [0.1, 0.15) is 12.0 Å². The molecule has 17 heavy (non-hydrogen) atoms. The zero-order valence-electron chi connectivity index (χ0n) is 10.9. The van der Waals surface area contributed by atoms with Crippen molar-refractivity contribution in [3.05, 3.63) is 29.8 Å². The van der Waals surface area contributed by atoms with Crippen molar-refractivity contribution in [3.63, 3.8) is 0 Å². The molecule has 1 saturated heterocycles. The van der Waals surface area contributed by atoms with Gasteiger partial charge < -0.3 is 15.5 Å². The van der Waals surface area contributed by atoms with E-state index in [1.807, 2.05) is 12.1 Å². The molecule has 0 bridgehead atoms. The van der Waals surface area contributed by atoms with Crippen LogP contribution in [0.25, 0.3) is 0 Å². The van der Waals surface area contributed by atoms with Crippen molar-refractivity contribution in [2.45, 2.75) is 18.9 Å². The number of hydrogen-bond donors (Lipinski definition) is 1. The van der Waals surface area contributed by atoms with Crippen LogP contribution in [0.15, 0.2) is 24.3 Å². The summed E-state index contributed by atoms with van der Waals surface area (Å²) in [6.07, 6.45) is 2.40. The average Bonchev–Trinajstić information content (AvgIpc) is 2.75. The lowest BCUT2D eigenvalue weighted by Gasteiger charge is -2.20. The van der Waals surface area contributed by atoms with E-state index in [9.17, 15) is 0 Å². The van der Waals surface area contributed by atoms with Crippen molar-refractivity contribution < 1.29 is 0 Å². The number of likely N-dealkylation sites (tertiary alicyclic amines) is 1. The van der Waals surface area contributed by atoms with E-state index in [0.717, 1.165) is 24.7 Å². The lowest BCUT2D eigenvalue weighted by molar-refractivity contribution is 0.270. The van der Waals surface area contributed by atoms with Crippen LogP contribution in [0, 0.1) is 0 Å². The predicted molar refractivity (Wildman–Crippen MR) is 73.1 cm³/mol. The van der Waals surface area contributed by atoms with E-state index in [-0.39, 0.29) is 0 Å². The Labute approximate surface area is 104 Å². The van der Waals surface area contributed by atoms with Crippen LogP contribution in [0.5, 0.6) is 0 Å². The minimum Gasteiger partial charge on any atom is -0.399 e. The van der Waals surface area contributed by atoms with Gasteiger partial charge in [0.05, 0.1) is 0 Å². The van der Waals surface area contributed by atoms with Crippen LogP contribution in [0.4, 0.5) is 5.69 Å². The quantitative estimate of drug-likeness (QED) is 0.799. The monoisotopic (exact) mass is 233 g/mol. The highest BCUT2D eigenvalue weighted by Gasteiger charge is 2.23. The Bertz CT molecular complexity index is 362. The summed E-state index contributed by atoms with van der Waals surface area (Å²) in [5.74, 6) is 0. The van der Waals surface area contributed by atoms with Crippen molar-refractivity contribution >= 4 is 5.69 Å². The molecule has 2 N–H and O–H groups in total. The van der Waals surface area contributed by atoms with E-state index in [1.54, 1.807) is 0 Å². The maximum absolute atomic E-state index is 5.78. The molecular formula is C14H23N3. The fourth-order valence-corrected chi connectivity index (χ4v) is 2.47. The van der Waals surface area contributed by atoms with Gasteiger partial charge in [0, 0.05) is 24.8 Å². The first kappa shape index (κ1) is 12.4. The molecule has 1 atom stereocenters. The molecule has 1 fully saturated rings. The Morgan fingerprint density at radius 2 is 2.24 bits per heavy atom. The molecule has 0 aliphatic carbocycles. The lowest BCUT2D eigenvalue weighted by atomic mass is 10.1. The van der Waals surface area contributed by atoms with Crippen LogP contribution in [-0.4, -0.2) is 49.6 Å². The summed E-state index contributed by atoms with van der Waals surface area (Å²) < 4.78 is 0. The summed E-state index contributed by atoms with van der Waals surface area (Å²) in [5, 5.41) is 0. The fraction of sp³-hybridized carbons (Fsp3) is 0.571. The van der Waals surface area contributed by atoms with E-state index < -0.39 is 0 Å². The van der Waals surface area contributed by atoms with Gasteiger partial charge in [-0.1, -0.05) is 12.1 Å². The first-order valence-corrected chi connectivity index (χ1v) is 6.38. The van der Waals surface area contributed by atoms with Gasteiger partial charge in [0.1, 0.15) is 0 Å². The van der Waals surface area contributed by atoms with Gasteiger partial charge in [0.25, 0.3) is 0 Å². The SMILES string of the molecule is CN(C)[C@H]1CCN(CCc2cccc(N)c2)C1.